The molecule has 3 heterocycles. The highest BCUT2D eigenvalue weighted by Gasteiger charge is 2.73. The Balaban J connectivity index is 1.72. The molecular formula is C20H32N2O6Si. The lowest BCUT2D eigenvalue weighted by atomic mass is 9.82. The summed E-state index contributed by atoms with van der Waals surface area (Å²) in [5.74, 6) is 0. The highest BCUT2D eigenvalue weighted by atomic mass is 28.4. The average Bonchev–Trinajstić information content (AvgIpc) is 2.90. The number of ether oxygens (including phenoxy) is 2. The lowest BCUT2D eigenvalue weighted by Gasteiger charge is -2.47. The second-order valence-electron chi connectivity index (χ2n) is 10.3. The van der Waals surface area contributed by atoms with E-state index in [1.165, 1.54) is 10.8 Å². The summed E-state index contributed by atoms with van der Waals surface area (Å²) in [6, 6.07) is 0. The van der Waals surface area contributed by atoms with Crippen molar-refractivity contribution in [1.82, 2.24) is 9.55 Å². The van der Waals surface area contributed by atoms with Gasteiger partial charge in [-0.2, -0.15) is 0 Å². The van der Waals surface area contributed by atoms with Crippen LogP contribution < -0.4 is 11.2 Å². The molecule has 3 fully saturated rings. The van der Waals surface area contributed by atoms with Crippen molar-refractivity contribution in [2.45, 2.75) is 94.7 Å². The maximum atomic E-state index is 12.4. The minimum Gasteiger partial charge on any atom is -0.408 e. The molecule has 1 saturated carbocycles. The predicted molar refractivity (Wildman–Crippen MR) is 110 cm³/mol. The van der Waals surface area contributed by atoms with Crippen molar-refractivity contribution in [2.24, 2.45) is 0 Å². The lowest BCUT2D eigenvalue weighted by molar-refractivity contribution is -0.206. The summed E-state index contributed by atoms with van der Waals surface area (Å²) in [5.41, 5.74) is -2.58. The third-order valence-electron chi connectivity index (χ3n) is 7.47. The van der Waals surface area contributed by atoms with Gasteiger partial charge in [0.15, 0.2) is 8.32 Å². The minimum atomic E-state index is -2.15. The number of rotatable bonds is 3. The molecule has 5 atom stereocenters. The van der Waals surface area contributed by atoms with Crippen molar-refractivity contribution < 1.29 is 19.0 Å². The maximum Gasteiger partial charge on any atom is 0.330 e. The molecule has 9 heteroatoms. The van der Waals surface area contributed by atoms with Crippen LogP contribution >= 0.6 is 0 Å². The summed E-state index contributed by atoms with van der Waals surface area (Å²) in [7, 11) is -2.15. The normalized spacial score (nSPS) is 37.0. The first-order valence-electron chi connectivity index (χ1n) is 10.3. The van der Waals surface area contributed by atoms with Gasteiger partial charge in [-0.15, -0.1) is 0 Å². The molecule has 1 aliphatic carbocycles. The van der Waals surface area contributed by atoms with Crippen molar-refractivity contribution in [3.63, 3.8) is 0 Å². The SMILES string of the molecule is Cc1cn([C@@H]2C[C@@]3(O)C[C@@H]4OCC[C@@]3(O2)C4O[Si](C)(C)C(C)(C)C)c(=O)[nH]c1=O. The van der Waals surface area contributed by atoms with Gasteiger partial charge in [0.2, 0.25) is 0 Å². The fraction of sp³-hybridized carbons (Fsp3) is 0.800. The van der Waals surface area contributed by atoms with Gasteiger partial charge in [0.05, 0.1) is 12.7 Å². The van der Waals surface area contributed by atoms with Gasteiger partial charge < -0.3 is 19.0 Å². The largest absolute Gasteiger partial charge is 0.408 e. The molecular weight excluding hydrogens is 392 g/mol. The molecule has 1 aromatic rings. The first-order valence-corrected chi connectivity index (χ1v) is 13.2. The second-order valence-corrected chi connectivity index (χ2v) is 15.1. The van der Waals surface area contributed by atoms with Crippen molar-refractivity contribution in [2.75, 3.05) is 6.61 Å². The molecule has 2 bridgehead atoms. The van der Waals surface area contributed by atoms with Crippen LogP contribution in [0.3, 0.4) is 0 Å². The van der Waals surface area contributed by atoms with Crippen LogP contribution in [0.4, 0.5) is 0 Å². The molecule has 0 radical (unpaired) electrons. The lowest BCUT2D eigenvalue weighted by Crippen LogP contribution is -2.61. The van der Waals surface area contributed by atoms with Gasteiger partial charge in [-0.1, -0.05) is 20.8 Å². The third kappa shape index (κ3) is 3.01. The molecule has 4 rings (SSSR count). The molecule has 29 heavy (non-hydrogen) atoms. The zero-order valence-electron chi connectivity index (χ0n) is 18.1. The molecule has 1 aromatic heterocycles. The monoisotopic (exact) mass is 424 g/mol. The quantitative estimate of drug-likeness (QED) is 0.718. The van der Waals surface area contributed by atoms with E-state index in [4.69, 9.17) is 13.9 Å². The molecule has 3 aliphatic rings. The van der Waals surface area contributed by atoms with E-state index in [9.17, 15) is 14.7 Å². The number of aromatic amines is 1. The fourth-order valence-corrected chi connectivity index (χ4v) is 6.08. The Hall–Kier alpha value is -1.26. The number of hydrogen-bond acceptors (Lipinski definition) is 6. The van der Waals surface area contributed by atoms with Gasteiger partial charge in [-0.05, 0) is 25.1 Å². The van der Waals surface area contributed by atoms with Gasteiger partial charge in [0.25, 0.3) is 5.56 Å². The number of hydrogen-bond donors (Lipinski definition) is 2. The van der Waals surface area contributed by atoms with Crippen LogP contribution in [0.5, 0.6) is 0 Å². The second kappa shape index (κ2) is 6.37. The van der Waals surface area contributed by atoms with Crippen molar-refractivity contribution >= 4 is 8.32 Å². The van der Waals surface area contributed by atoms with E-state index >= 15 is 0 Å². The summed E-state index contributed by atoms with van der Waals surface area (Å²) >= 11 is 0. The first kappa shape index (κ1) is 21.0. The van der Waals surface area contributed by atoms with Crippen molar-refractivity contribution in [1.29, 1.82) is 0 Å². The minimum absolute atomic E-state index is 0.00359. The van der Waals surface area contributed by atoms with Crippen LogP contribution in [0.2, 0.25) is 18.1 Å². The van der Waals surface area contributed by atoms with Gasteiger partial charge in [-0.25, -0.2) is 4.79 Å². The van der Waals surface area contributed by atoms with E-state index in [2.05, 4.69) is 38.8 Å². The van der Waals surface area contributed by atoms with E-state index in [1.54, 1.807) is 6.92 Å². The van der Waals surface area contributed by atoms with Crippen LogP contribution in [0, 0.1) is 6.92 Å². The van der Waals surface area contributed by atoms with Crippen LogP contribution in [-0.4, -0.2) is 53.0 Å². The molecule has 1 unspecified atom stereocenters. The number of aromatic nitrogens is 2. The number of aliphatic hydroxyl groups is 1. The van der Waals surface area contributed by atoms with Gasteiger partial charge in [-0.3, -0.25) is 14.3 Å². The Morgan fingerprint density at radius 2 is 2.00 bits per heavy atom. The summed E-state index contributed by atoms with van der Waals surface area (Å²) in [6.45, 7) is 13.0. The van der Waals surface area contributed by atoms with Crippen molar-refractivity contribution in [3.8, 4) is 0 Å². The van der Waals surface area contributed by atoms with E-state index in [0.29, 0.717) is 25.0 Å². The number of fused-ring (bicyclic) bond motifs is 1. The Labute approximate surface area is 171 Å². The van der Waals surface area contributed by atoms with E-state index in [0.717, 1.165) is 0 Å². The van der Waals surface area contributed by atoms with E-state index < -0.39 is 37.0 Å². The zero-order valence-corrected chi connectivity index (χ0v) is 19.1. The Kier molecular flexibility index (Phi) is 4.61. The van der Waals surface area contributed by atoms with E-state index in [-0.39, 0.29) is 23.7 Å². The summed E-state index contributed by atoms with van der Waals surface area (Å²) in [6.07, 6.45) is 1.42. The Morgan fingerprint density at radius 3 is 2.66 bits per heavy atom. The molecule has 2 saturated heterocycles. The third-order valence-corrected chi connectivity index (χ3v) is 11.9. The van der Waals surface area contributed by atoms with Crippen LogP contribution in [0.1, 0.15) is 51.8 Å². The van der Waals surface area contributed by atoms with Crippen LogP contribution in [0.25, 0.3) is 0 Å². The topological polar surface area (TPSA) is 103 Å². The van der Waals surface area contributed by atoms with Crippen molar-refractivity contribution in [3.05, 3.63) is 32.6 Å². The standard InChI is InChI=1S/C20H32N2O6Si/c1-12-11-22(17(24)21-16(12)23)14-10-19(25)9-13-15(20(19,27-14)7-8-26-13)28-29(5,6)18(2,3)4/h11,13-15,25H,7-10H2,1-6H3,(H,21,23,24)/t13-,14-,15?,19-,20+/m0/s1. The zero-order chi connectivity index (χ0) is 21.4. The van der Waals surface area contributed by atoms with E-state index in [1.807, 2.05) is 0 Å². The van der Waals surface area contributed by atoms with Gasteiger partial charge in [0.1, 0.15) is 23.5 Å². The summed E-state index contributed by atoms with van der Waals surface area (Å²) in [5, 5.41) is 11.7. The predicted octanol–water partition coefficient (Wildman–Crippen LogP) is 1.82. The highest BCUT2D eigenvalue weighted by molar-refractivity contribution is 6.74. The Bertz CT molecular complexity index is 934. The molecule has 2 N–H and O–H groups in total. The molecule has 2 aliphatic heterocycles. The molecule has 0 amide bonds. The van der Waals surface area contributed by atoms with Crippen LogP contribution in [0.15, 0.2) is 15.8 Å². The van der Waals surface area contributed by atoms with Gasteiger partial charge in [0, 0.05) is 31.0 Å². The average molecular weight is 425 g/mol. The molecule has 0 aromatic carbocycles. The number of H-pyrrole nitrogens is 1. The fourth-order valence-electron chi connectivity index (χ4n) is 4.75. The molecule has 8 nitrogen and oxygen atoms in total. The summed E-state index contributed by atoms with van der Waals surface area (Å²) < 4.78 is 20.6. The van der Waals surface area contributed by atoms with Crippen LogP contribution in [-0.2, 0) is 13.9 Å². The number of nitrogens with zero attached hydrogens (tertiary/aromatic N) is 1. The highest BCUT2D eigenvalue weighted by Crippen LogP contribution is 2.60. The smallest absolute Gasteiger partial charge is 0.330 e. The van der Waals surface area contributed by atoms with Gasteiger partial charge >= 0.3 is 5.69 Å². The molecule has 162 valence electrons. The number of nitrogens with one attached hydrogen (secondary N) is 1. The molecule has 1 spiro atoms. The summed E-state index contributed by atoms with van der Waals surface area (Å²) in [4.78, 5) is 26.5. The Morgan fingerprint density at radius 1 is 1.31 bits per heavy atom. The number of aryl methyl sites for hydroxylation is 1. The maximum absolute atomic E-state index is 12.4. The first-order chi connectivity index (χ1) is 13.3.